The fourth-order valence-electron chi connectivity index (χ4n) is 4.30. The maximum Gasteiger partial charge on any atom is 0.0515 e. The van der Waals surface area contributed by atoms with E-state index >= 15 is 0 Å². The summed E-state index contributed by atoms with van der Waals surface area (Å²) >= 11 is 0. The van der Waals surface area contributed by atoms with Crippen LogP contribution in [0, 0.1) is 6.92 Å². The van der Waals surface area contributed by atoms with Gasteiger partial charge >= 0.3 is 0 Å². The van der Waals surface area contributed by atoms with E-state index < -0.39 is 0 Å². The molecule has 0 fully saturated rings. The Morgan fingerprint density at radius 1 is 1.04 bits per heavy atom. The Bertz CT molecular complexity index is 876. The predicted octanol–water partition coefficient (Wildman–Crippen LogP) is 4.96. The van der Waals surface area contributed by atoms with Gasteiger partial charge in [0.2, 0.25) is 0 Å². The van der Waals surface area contributed by atoms with E-state index in [4.69, 9.17) is 0 Å². The van der Waals surface area contributed by atoms with Crippen molar-refractivity contribution in [2.45, 2.75) is 52.2 Å². The highest BCUT2D eigenvalue weighted by atomic mass is 15.1. The molecule has 2 heterocycles. The summed E-state index contributed by atoms with van der Waals surface area (Å²) in [6.45, 7) is 6.79. The van der Waals surface area contributed by atoms with Crippen molar-refractivity contribution in [3.05, 3.63) is 70.9 Å². The number of aryl methyl sites for hydroxylation is 3. The van der Waals surface area contributed by atoms with Gasteiger partial charge in [0.1, 0.15) is 0 Å². The number of fused-ring (bicyclic) bond motifs is 3. The lowest BCUT2D eigenvalue weighted by Crippen LogP contribution is -2.35. The molecule has 0 radical (unpaired) electrons. The van der Waals surface area contributed by atoms with E-state index in [2.05, 4.69) is 78.9 Å². The number of benzene rings is 2. The van der Waals surface area contributed by atoms with Crippen molar-refractivity contribution < 1.29 is 0 Å². The van der Waals surface area contributed by atoms with Gasteiger partial charge in [0.15, 0.2) is 0 Å². The van der Waals surface area contributed by atoms with Gasteiger partial charge in [-0.1, -0.05) is 48.5 Å². The standard InChI is InChI=1S/C23H28N2/c1-17-9-7-13-20-21-16-24(3)18(2)15-22(21)25(23(17)20)14-8-12-19-10-5-4-6-11-19/h4-7,9-11,13,18H,8,12,14-16H2,1-3H3. The lowest BCUT2D eigenvalue weighted by molar-refractivity contribution is 0.228. The number of para-hydroxylation sites is 1. The van der Waals surface area contributed by atoms with Crippen LogP contribution in [0.3, 0.4) is 0 Å². The Kier molecular flexibility index (Phi) is 4.39. The van der Waals surface area contributed by atoms with Gasteiger partial charge in [-0.05, 0) is 50.4 Å². The summed E-state index contributed by atoms with van der Waals surface area (Å²) in [5.74, 6) is 0. The van der Waals surface area contributed by atoms with Gasteiger partial charge in [-0.25, -0.2) is 0 Å². The van der Waals surface area contributed by atoms with Gasteiger partial charge in [0.25, 0.3) is 0 Å². The molecule has 0 aliphatic carbocycles. The van der Waals surface area contributed by atoms with Gasteiger partial charge in [-0.3, -0.25) is 4.90 Å². The second-order valence-electron chi connectivity index (χ2n) is 7.61. The normalized spacial score (nSPS) is 17.8. The largest absolute Gasteiger partial charge is 0.344 e. The van der Waals surface area contributed by atoms with Crippen LogP contribution in [0.25, 0.3) is 10.9 Å². The molecule has 2 aromatic carbocycles. The molecule has 1 unspecified atom stereocenters. The SMILES string of the molecule is Cc1cccc2c3c(n(CCCc4ccccc4)c12)CC(C)N(C)C3. The molecule has 1 aliphatic heterocycles. The summed E-state index contributed by atoms with van der Waals surface area (Å²) in [6, 6.07) is 18.3. The van der Waals surface area contributed by atoms with Crippen LogP contribution in [0.15, 0.2) is 48.5 Å². The van der Waals surface area contributed by atoms with Crippen molar-refractivity contribution in [3.63, 3.8) is 0 Å². The minimum absolute atomic E-state index is 0.616. The molecule has 3 aromatic rings. The second-order valence-corrected chi connectivity index (χ2v) is 7.61. The first-order chi connectivity index (χ1) is 12.1. The van der Waals surface area contributed by atoms with Crippen LogP contribution in [-0.4, -0.2) is 22.6 Å². The molecule has 4 rings (SSSR count). The van der Waals surface area contributed by atoms with E-state index in [-0.39, 0.29) is 0 Å². The summed E-state index contributed by atoms with van der Waals surface area (Å²) in [7, 11) is 2.25. The summed E-state index contributed by atoms with van der Waals surface area (Å²) in [5, 5.41) is 1.47. The average Bonchev–Trinajstić information content (AvgIpc) is 2.91. The number of likely N-dealkylation sites (N-methyl/N-ethyl adjacent to an activating group) is 1. The first-order valence-corrected chi connectivity index (χ1v) is 9.49. The smallest absolute Gasteiger partial charge is 0.0515 e. The Balaban J connectivity index is 1.69. The summed E-state index contributed by atoms with van der Waals surface area (Å²) < 4.78 is 2.63. The Labute approximate surface area is 151 Å². The molecule has 2 heteroatoms. The van der Waals surface area contributed by atoms with Crippen LogP contribution in [0.1, 0.15) is 35.7 Å². The molecular formula is C23H28N2. The molecule has 0 saturated heterocycles. The minimum Gasteiger partial charge on any atom is -0.344 e. The van der Waals surface area contributed by atoms with Crippen LogP contribution in [0.2, 0.25) is 0 Å². The van der Waals surface area contributed by atoms with E-state index in [9.17, 15) is 0 Å². The van der Waals surface area contributed by atoms with E-state index in [1.165, 1.54) is 28.5 Å². The van der Waals surface area contributed by atoms with Crippen LogP contribution >= 0.6 is 0 Å². The van der Waals surface area contributed by atoms with Crippen molar-refractivity contribution in [3.8, 4) is 0 Å². The average molecular weight is 332 g/mol. The number of hydrogen-bond donors (Lipinski definition) is 0. The van der Waals surface area contributed by atoms with Crippen molar-refractivity contribution in [1.29, 1.82) is 0 Å². The number of rotatable bonds is 4. The fraction of sp³-hybridized carbons (Fsp3) is 0.391. The highest BCUT2D eigenvalue weighted by Gasteiger charge is 2.26. The molecule has 1 aliphatic rings. The zero-order chi connectivity index (χ0) is 17.4. The molecule has 0 saturated carbocycles. The molecule has 130 valence electrons. The molecule has 0 bridgehead atoms. The van der Waals surface area contributed by atoms with Gasteiger partial charge < -0.3 is 4.57 Å². The number of hydrogen-bond acceptors (Lipinski definition) is 1. The Morgan fingerprint density at radius 3 is 2.64 bits per heavy atom. The van der Waals surface area contributed by atoms with Crippen molar-refractivity contribution in [1.82, 2.24) is 9.47 Å². The first-order valence-electron chi connectivity index (χ1n) is 9.49. The van der Waals surface area contributed by atoms with Crippen molar-refractivity contribution >= 4 is 10.9 Å². The van der Waals surface area contributed by atoms with Gasteiger partial charge in [-0.15, -0.1) is 0 Å². The quantitative estimate of drug-likeness (QED) is 0.655. The maximum atomic E-state index is 2.63. The topological polar surface area (TPSA) is 8.17 Å². The Morgan fingerprint density at radius 2 is 1.84 bits per heavy atom. The van der Waals surface area contributed by atoms with Crippen LogP contribution in [0.4, 0.5) is 0 Å². The fourth-order valence-corrected chi connectivity index (χ4v) is 4.30. The van der Waals surface area contributed by atoms with E-state index in [0.717, 1.165) is 25.9 Å². The van der Waals surface area contributed by atoms with Gasteiger partial charge in [-0.2, -0.15) is 0 Å². The van der Waals surface area contributed by atoms with E-state index in [0.29, 0.717) is 6.04 Å². The zero-order valence-corrected chi connectivity index (χ0v) is 15.6. The molecule has 25 heavy (non-hydrogen) atoms. The number of nitrogens with zero attached hydrogens (tertiary/aromatic N) is 2. The number of aromatic nitrogens is 1. The van der Waals surface area contributed by atoms with Crippen LogP contribution in [0.5, 0.6) is 0 Å². The third-order valence-electron chi connectivity index (χ3n) is 5.85. The third-order valence-corrected chi connectivity index (χ3v) is 5.85. The molecule has 2 nitrogen and oxygen atoms in total. The lowest BCUT2D eigenvalue weighted by atomic mass is 9.99. The lowest BCUT2D eigenvalue weighted by Gasteiger charge is -2.31. The molecular weight excluding hydrogens is 304 g/mol. The highest BCUT2D eigenvalue weighted by Crippen LogP contribution is 2.34. The monoisotopic (exact) mass is 332 g/mol. The van der Waals surface area contributed by atoms with E-state index in [1.807, 2.05) is 0 Å². The summed E-state index contributed by atoms with van der Waals surface area (Å²) in [5.41, 5.74) is 7.43. The summed E-state index contributed by atoms with van der Waals surface area (Å²) in [4.78, 5) is 2.48. The summed E-state index contributed by atoms with van der Waals surface area (Å²) in [6.07, 6.45) is 3.50. The van der Waals surface area contributed by atoms with Gasteiger partial charge in [0, 0.05) is 36.6 Å². The molecule has 1 aromatic heterocycles. The highest BCUT2D eigenvalue weighted by molar-refractivity contribution is 5.88. The maximum absolute atomic E-state index is 2.63. The molecule has 1 atom stereocenters. The minimum atomic E-state index is 0.616. The van der Waals surface area contributed by atoms with Crippen LogP contribution in [-0.2, 0) is 25.9 Å². The van der Waals surface area contributed by atoms with Crippen molar-refractivity contribution in [2.75, 3.05) is 7.05 Å². The molecule has 0 spiro atoms. The van der Waals surface area contributed by atoms with E-state index in [1.54, 1.807) is 11.3 Å². The van der Waals surface area contributed by atoms with Crippen molar-refractivity contribution in [2.24, 2.45) is 0 Å². The Hall–Kier alpha value is -2.06. The molecule has 0 N–H and O–H groups in total. The third kappa shape index (κ3) is 3.00. The second kappa shape index (κ2) is 6.68. The van der Waals surface area contributed by atoms with Crippen LogP contribution < -0.4 is 0 Å². The van der Waals surface area contributed by atoms with Gasteiger partial charge in [0.05, 0.1) is 5.52 Å². The molecule has 0 amide bonds. The predicted molar refractivity (Wildman–Crippen MR) is 106 cm³/mol. The zero-order valence-electron chi connectivity index (χ0n) is 15.6. The first kappa shape index (κ1) is 16.4.